The van der Waals surface area contributed by atoms with Crippen molar-refractivity contribution in [2.24, 2.45) is 5.84 Å². The molecule has 0 aliphatic heterocycles. The zero-order valence-electron chi connectivity index (χ0n) is 12.1. The van der Waals surface area contributed by atoms with E-state index < -0.39 is 0 Å². The molecule has 0 aliphatic rings. The molecule has 0 unspecified atom stereocenters. The summed E-state index contributed by atoms with van der Waals surface area (Å²) in [4.78, 5) is 19.8. The number of nitrogens with two attached hydrogens (primary N) is 1. The van der Waals surface area contributed by atoms with E-state index in [-0.39, 0.29) is 5.97 Å². The van der Waals surface area contributed by atoms with Crippen LogP contribution < -0.4 is 16.6 Å². The fraction of sp³-hybridized carbons (Fsp3) is 0.615. The average molecular weight is 281 g/mol. The Kier molecular flexibility index (Phi) is 7.34. The van der Waals surface area contributed by atoms with Gasteiger partial charge < -0.3 is 15.5 Å². The first-order chi connectivity index (χ1) is 9.69. The van der Waals surface area contributed by atoms with Crippen molar-refractivity contribution < 1.29 is 9.53 Å². The topological polar surface area (TPSA) is 102 Å². The Balaban J connectivity index is 2.46. The lowest BCUT2D eigenvalue weighted by Crippen LogP contribution is -2.13. The van der Waals surface area contributed by atoms with Crippen LogP contribution in [0.1, 0.15) is 38.9 Å². The number of hydrogen-bond acceptors (Lipinski definition) is 7. The maximum absolute atomic E-state index is 11.2. The van der Waals surface area contributed by atoms with Gasteiger partial charge in [0.2, 0.25) is 0 Å². The third-order valence-electron chi connectivity index (χ3n) is 2.56. The number of ether oxygens (including phenoxy) is 1. The molecule has 1 rings (SSSR count). The van der Waals surface area contributed by atoms with Crippen LogP contribution >= 0.6 is 0 Å². The molecule has 0 atom stereocenters. The lowest BCUT2D eigenvalue weighted by atomic mass is 10.3. The summed E-state index contributed by atoms with van der Waals surface area (Å²) in [6, 6.07) is 1.74. The van der Waals surface area contributed by atoms with Crippen LogP contribution in [-0.4, -0.2) is 29.1 Å². The Morgan fingerprint density at radius 3 is 2.75 bits per heavy atom. The molecule has 20 heavy (non-hydrogen) atoms. The Morgan fingerprint density at radius 1 is 1.35 bits per heavy atom. The van der Waals surface area contributed by atoms with E-state index >= 15 is 0 Å². The Hall–Kier alpha value is -1.89. The molecule has 1 heterocycles. The number of anilines is 2. The van der Waals surface area contributed by atoms with Gasteiger partial charge in [-0.1, -0.05) is 6.92 Å². The third-order valence-corrected chi connectivity index (χ3v) is 2.56. The molecule has 1 aromatic rings. The molecule has 0 amide bonds. The highest BCUT2D eigenvalue weighted by Crippen LogP contribution is 2.11. The number of hydrogen-bond donors (Lipinski definition) is 3. The van der Waals surface area contributed by atoms with Gasteiger partial charge in [-0.25, -0.2) is 15.8 Å². The van der Waals surface area contributed by atoms with Crippen molar-refractivity contribution in [2.45, 2.75) is 39.5 Å². The van der Waals surface area contributed by atoms with E-state index in [2.05, 4.69) is 27.6 Å². The number of nitrogens with zero attached hydrogens (tertiary/aromatic N) is 2. The van der Waals surface area contributed by atoms with Crippen LogP contribution in [0.2, 0.25) is 0 Å². The van der Waals surface area contributed by atoms with Gasteiger partial charge in [0.25, 0.3) is 0 Å². The molecule has 112 valence electrons. The van der Waals surface area contributed by atoms with Crippen molar-refractivity contribution in [2.75, 3.05) is 23.9 Å². The minimum Gasteiger partial charge on any atom is -0.466 e. The molecule has 0 fully saturated rings. The highest BCUT2D eigenvalue weighted by molar-refractivity contribution is 5.69. The van der Waals surface area contributed by atoms with E-state index in [1.54, 1.807) is 13.0 Å². The van der Waals surface area contributed by atoms with E-state index in [4.69, 9.17) is 10.6 Å². The summed E-state index contributed by atoms with van der Waals surface area (Å²) < 4.78 is 4.86. The standard InChI is InChI=1S/C13H23N5O2/c1-3-6-10-16-11(9-12(17-10)18-14)15-8-5-7-13(19)20-4-2/h9H,3-8,14H2,1-2H3,(H2,15,16,17,18). The largest absolute Gasteiger partial charge is 0.466 e. The summed E-state index contributed by atoms with van der Waals surface area (Å²) in [6.45, 7) is 4.93. The van der Waals surface area contributed by atoms with Crippen molar-refractivity contribution in [3.05, 3.63) is 11.9 Å². The van der Waals surface area contributed by atoms with Crippen molar-refractivity contribution in [1.82, 2.24) is 9.97 Å². The number of nitrogen functional groups attached to an aromatic ring is 1. The van der Waals surface area contributed by atoms with E-state index in [0.717, 1.165) is 18.7 Å². The van der Waals surface area contributed by atoms with Gasteiger partial charge in [-0.05, 0) is 19.8 Å². The van der Waals surface area contributed by atoms with Gasteiger partial charge in [0.05, 0.1) is 6.61 Å². The van der Waals surface area contributed by atoms with Gasteiger partial charge in [-0.3, -0.25) is 4.79 Å². The molecule has 0 aliphatic carbocycles. The molecule has 0 radical (unpaired) electrons. The Bertz CT molecular complexity index is 425. The quantitative estimate of drug-likeness (QED) is 0.272. The van der Waals surface area contributed by atoms with Gasteiger partial charge in [-0.2, -0.15) is 0 Å². The number of rotatable bonds is 9. The van der Waals surface area contributed by atoms with Gasteiger partial charge in [-0.15, -0.1) is 0 Å². The fourth-order valence-corrected chi connectivity index (χ4v) is 1.68. The van der Waals surface area contributed by atoms with E-state index in [1.807, 2.05) is 0 Å². The molecular formula is C13H23N5O2. The smallest absolute Gasteiger partial charge is 0.305 e. The van der Waals surface area contributed by atoms with Crippen LogP contribution in [0.15, 0.2) is 6.07 Å². The fourth-order valence-electron chi connectivity index (χ4n) is 1.68. The summed E-state index contributed by atoms with van der Waals surface area (Å²) in [5.74, 6) is 7.24. The molecule has 0 bridgehead atoms. The first kappa shape index (κ1) is 16.2. The molecule has 0 saturated heterocycles. The second kappa shape index (κ2) is 9.08. The minimum atomic E-state index is -0.173. The van der Waals surface area contributed by atoms with Crippen LogP contribution in [0.25, 0.3) is 0 Å². The number of aryl methyl sites for hydroxylation is 1. The Labute approximate surface area is 119 Å². The molecule has 0 spiro atoms. The van der Waals surface area contributed by atoms with Gasteiger partial charge in [0, 0.05) is 25.5 Å². The van der Waals surface area contributed by atoms with Crippen molar-refractivity contribution in [3.8, 4) is 0 Å². The average Bonchev–Trinajstić information content (AvgIpc) is 2.44. The minimum absolute atomic E-state index is 0.173. The van der Waals surface area contributed by atoms with Crippen LogP contribution in [0.3, 0.4) is 0 Å². The zero-order valence-corrected chi connectivity index (χ0v) is 12.1. The first-order valence-corrected chi connectivity index (χ1v) is 6.93. The van der Waals surface area contributed by atoms with Crippen LogP contribution in [-0.2, 0) is 16.0 Å². The third kappa shape index (κ3) is 5.83. The number of carbonyl (C=O) groups is 1. The lowest BCUT2D eigenvalue weighted by Gasteiger charge is -2.09. The van der Waals surface area contributed by atoms with Crippen molar-refractivity contribution in [3.63, 3.8) is 0 Å². The maximum Gasteiger partial charge on any atom is 0.305 e. The Morgan fingerprint density at radius 2 is 2.10 bits per heavy atom. The highest BCUT2D eigenvalue weighted by atomic mass is 16.5. The molecule has 7 heteroatoms. The summed E-state index contributed by atoms with van der Waals surface area (Å²) >= 11 is 0. The summed E-state index contributed by atoms with van der Waals surface area (Å²) in [7, 11) is 0. The monoisotopic (exact) mass is 281 g/mol. The van der Waals surface area contributed by atoms with Gasteiger partial charge in [0.1, 0.15) is 17.5 Å². The van der Waals surface area contributed by atoms with E-state index in [0.29, 0.717) is 37.6 Å². The SMILES string of the molecule is CCCc1nc(NN)cc(NCCCC(=O)OCC)n1. The lowest BCUT2D eigenvalue weighted by molar-refractivity contribution is -0.143. The molecule has 0 saturated carbocycles. The molecule has 0 aromatic carbocycles. The highest BCUT2D eigenvalue weighted by Gasteiger charge is 2.04. The molecule has 4 N–H and O–H groups in total. The van der Waals surface area contributed by atoms with Crippen molar-refractivity contribution in [1.29, 1.82) is 0 Å². The maximum atomic E-state index is 11.2. The molecular weight excluding hydrogens is 258 g/mol. The van der Waals surface area contributed by atoms with E-state index in [1.165, 1.54) is 0 Å². The second-order valence-corrected chi connectivity index (χ2v) is 4.28. The van der Waals surface area contributed by atoms with Gasteiger partial charge in [0.15, 0.2) is 0 Å². The normalized spacial score (nSPS) is 10.2. The predicted octanol–water partition coefficient (Wildman–Crippen LogP) is 1.47. The number of hydrazine groups is 1. The number of esters is 1. The molecule has 7 nitrogen and oxygen atoms in total. The predicted molar refractivity (Wildman–Crippen MR) is 78.2 cm³/mol. The van der Waals surface area contributed by atoms with Crippen LogP contribution in [0, 0.1) is 0 Å². The number of nitrogens with one attached hydrogen (secondary N) is 2. The number of aromatic nitrogens is 2. The summed E-state index contributed by atoms with van der Waals surface area (Å²) in [5, 5.41) is 3.16. The second-order valence-electron chi connectivity index (χ2n) is 4.28. The summed E-state index contributed by atoms with van der Waals surface area (Å²) in [5.41, 5.74) is 2.53. The number of carbonyl (C=O) groups excluding carboxylic acids is 1. The summed E-state index contributed by atoms with van der Waals surface area (Å²) in [6.07, 6.45) is 2.86. The van der Waals surface area contributed by atoms with Crippen molar-refractivity contribution >= 4 is 17.6 Å². The first-order valence-electron chi connectivity index (χ1n) is 6.93. The zero-order chi connectivity index (χ0) is 14.8. The van der Waals surface area contributed by atoms with Gasteiger partial charge >= 0.3 is 5.97 Å². The molecule has 1 aromatic heterocycles. The van der Waals surface area contributed by atoms with Crippen LogP contribution in [0.5, 0.6) is 0 Å². The van der Waals surface area contributed by atoms with E-state index in [9.17, 15) is 4.79 Å². The van der Waals surface area contributed by atoms with Crippen LogP contribution in [0.4, 0.5) is 11.6 Å².